The van der Waals surface area contributed by atoms with E-state index in [2.05, 4.69) is 18.3 Å². The van der Waals surface area contributed by atoms with Crippen LogP contribution in [0.4, 0.5) is 4.79 Å². The summed E-state index contributed by atoms with van der Waals surface area (Å²) in [7, 11) is 0. The third kappa shape index (κ3) is 3.41. The first-order valence-corrected chi connectivity index (χ1v) is 5.67. The van der Waals surface area contributed by atoms with Crippen molar-refractivity contribution in [1.29, 1.82) is 5.26 Å². The Morgan fingerprint density at radius 2 is 2.19 bits per heavy atom. The Morgan fingerprint density at radius 3 is 2.56 bits per heavy atom. The number of ether oxygens (including phenoxy) is 1. The van der Waals surface area contributed by atoms with Crippen LogP contribution in [0, 0.1) is 17.2 Å². The summed E-state index contributed by atoms with van der Waals surface area (Å²) in [5.41, 5.74) is -0.670. The van der Waals surface area contributed by atoms with Crippen LogP contribution in [0.3, 0.4) is 0 Å². The zero-order valence-corrected chi connectivity index (χ0v) is 10.5. The van der Waals surface area contributed by atoms with Gasteiger partial charge < -0.3 is 10.1 Å². The van der Waals surface area contributed by atoms with Gasteiger partial charge in [0.15, 0.2) is 0 Å². The first-order chi connectivity index (χ1) is 7.29. The second-order valence-corrected chi connectivity index (χ2v) is 5.55. The number of nitrogens with zero attached hydrogens (tertiary/aromatic N) is 1. The van der Waals surface area contributed by atoms with Gasteiger partial charge in [0, 0.05) is 12.0 Å². The molecule has 1 aliphatic rings. The predicted octanol–water partition coefficient (Wildman–Crippen LogP) is 2.59. The minimum Gasteiger partial charge on any atom is -0.444 e. The van der Waals surface area contributed by atoms with Crippen LogP contribution < -0.4 is 5.32 Å². The van der Waals surface area contributed by atoms with Crippen LogP contribution in [0.25, 0.3) is 0 Å². The third-order valence-corrected chi connectivity index (χ3v) is 2.89. The van der Waals surface area contributed by atoms with Crippen molar-refractivity contribution in [1.82, 2.24) is 5.32 Å². The van der Waals surface area contributed by atoms with Gasteiger partial charge in [-0.25, -0.2) is 4.79 Å². The van der Waals surface area contributed by atoms with Crippen LogP contribution in [0.5, 0.6) is 0 Å². The molecule has 0 aromatic rings. The van der Waals surface area contributed by atoms with E-state index in [9.17, 15) is 4.79 Å². The number of rotatable bonds is 3. The van der Waals surface area contributed by atoms with Gasteiger partial charge in [-0.3, -0.25) is 0 Å². The molecule has 0 aromatic carbocycles. The number of carbonyl (C=O) groups excluding carboxylic acids is 1. The van der Waals surface area contributed by atoms with E-state index in [0.717, 1.165) is 6.42 Å². The van der Waals surface area contributed by atoms with E-state index in [-0.39, 0.29) is 11.6 Å². The number of hydrogen-bond acceptors (Lipinski definition) is 3. The van der Waals surface area contributed by atoms with E-state index in [4.69, 9.17) is 10.00 Å². The van der Waals surface area contributed by atoms with Crippen LogP contribution in [-0.4, -0.2) is 17.2 Å². The lowest BCUT2D eigenvalue weighted by atomic mass is 10.1. The largest absolute Gasteiger partial charge is 0.444 e. The van der Waals surface area contributed by atoms with Crippen molar-refractivity contribution in [2.75, 3.05) is 0 Å². The molecule has 1 amide bonds. The van der Waals surface area contributed by atoms with Crippen LogP contribution in [0.15, 0.2) is 0 Å². The standard InChI is InChI=1S/C12H20N2O2/c1-9-8-12(9,6-5-7-13)14-10(15)16-11(2,3)4/h9H,5-6,8H2,1-4H3,(H,14,15). The molecular weight excluding hydrogens is 204 g/mol. The molecule has 1 aliphatic carbocycles. The molecule has 1 rings (SSSR count). The van der Waals surface area contributed by atoms with E-state index in [0.29, 0.717) is 18.8 Å². The minimum absolute atomic E-state index is 0.196. The zero-order valence-electron chi connectivity index (χ0n) is 10.5. The number of amides is 1. The van der Waals surface area contributed by atoms with Crippen LogP contribution >= 0.6 is 0 Å². The Balaban J connectivity index is 2.46. The Bertz CT molecular complexity index is 314. The molecule has 1 N–H and O–H groups in total. The van der Waals surface area contributed by atoms with Crippen molar-refractivity contribution in [3.05, 3.63) is 0 Å². The zero-order chi connectivity index (χ0) is 12.4. The number of hydrogen-bond donors (Lipinski definition) is 1. The van der Waals surface area contributed by atoms with E-state index < -0.39 is 5.60 Å². The van der Waals surface area contributed by atoms with Gasteiger partial charge in [0.2, 0.25) is 0 Å². The number of carbonyl (C=O) groups is 1. The maximum atomic E-state index is 11.6. The molecule has 2 atom stereocenters. The summed E-state index contributed by atoms with van der Waals surface area (Å²) in [6.07, 6.45) is 1.74. The molecule has 0 bridgehead atoms. The summed E-state index contributed by atoms with van der Waals surface area (Å²) < 4.78 is 5.21. The number of nitriles is 1. The van der Waals surface area contributed by atoms with Crippen molar-refractivity contribution in [3.8, 4) is 6.07 Å². The van der Waals surface area contributed by atoms with Crippen LogP contribution in [0.1, 0.15) is 47.0 Å². The molecule has 0 heterocycles. The van der Waals surface area contributed by atoms with E-state index in [1.54, 1.807) is 0 Å². The van der Waals surface area contributed by atoms with Gasteiger partial charge in [0.05, 0.1) is 6.07 Å². The topological polar surface area (TPSA) is 62.1 Å². The molecule has 90 valence electrons. The van der Waals surface area contributed by atoms with E-state index >= 15 is 0 Å². The summed E-state index contributed by atoms with van der Waals surface area (Å²) in [5.74, 6) is 0.438. The molecule has 2 unspecified atom stereocenters. The van der Waals surface area contributed by atoms with Crippen molar-refractivity contribution < 1.29 is 9.53 Å². The Kier molecular flexibility index (Phi) is 3.47. The van der Waals surface area contributed by atoms with Gasteiger partial charge >= 0.3 is 6.09 Å². The fourth-order valence-electron chi connectivity index (χ4n) is 1.86. The quantitative estimate of drug-likeness (QED) is 0.801. The highest BCUT2D eigenvalue weighted by molar-refractivity contribution is 5.69. The van der Waals surface area contributed by atoms with Gasteiger partial charge in [0.25, 0.3) is 0 Å². The molecule has 0 aliphatic heterocycles. The van der Waals surface area contributed by atoms with Crippen LogP contribution in [0.2, 0.25) is 0 Å². The fourth-order valence-corrected chi connectivity index (χ4v) is 1.86. The summed E-state index contributed by atoms with van der Waals surface area (Å²) in [6, 6.07) is 2.11. The normalized spacial score (nSPS) is 28.1. The summed E-state index contributed by atoms with van der Waals surface area (Å²) in [4.78, 5) is 11.6. The molecule has 1 fully saturated rings. The highest BCUT2D eigenvalue weighted by atomic mass is 16.6. The number of alkyl carbamates (subject to hydrolysis) is 1. The maximum absolute atomic E-state index is 11.6. The monoisotopic (exact) mass is 224 g/mol. The average Bonchev–Trinajstić information content (AvgIpc) is 2.70. The lowest BCUT2D eigenvalue weighted by molar-refractivity contribution is 0.0489. The highest BCUT2D eigenvalue weighted by Crippen LogP contribution is 2.46. The SMILES string of the molecule is CC1CC1(CCC#N)NC(=O)OC(C)(C)C. The van der Waals surface area contributed by atoms with Crippen molar-refractivity contribution in [3.63, 3.8) is 0 Å². The molecule has 1 saturated carbocycles. The highest BCUT2D eigenvalue weighted by Gasteiger charge is 2.52. The summed E-state index contributed by atoms with van der Waals surface area (Å²) in [6.45, 7) is 7.59. The summed E-state index contributed by atoms with van der Waals surface area (Å²) in [5, 5.41) is 11.5. The molecule has 4 nitrogen and oxygen atoms in total. The Hall–Kier alpha value is -1.24. The van der Waals surface area contributed by atoms with Crippen LogP contribution in [-0.2, 0) is 4.74 Å². The number of nitrogens with one attached hydrogen (secondary N) is 1. The smallest absolute Gasteiger partial charge is 0.408 e. The molecule has 0 radical (unpaired) electrons. The molecule has 0 saturated heterocycles. The fraction of sp³-hybridized carbons (Fsp3) is 0.833. The molecular formula is C12H20N2O2. The molecule has 4 heteroatoms. The Morgan fingerprint density at radius 1 is 1.62 bits per heavy atom. The third-order valence-electron chi connectivity index (χ3n) is 2.89. The van der Waals surface area contributed by atoms with Gasteiger partial charge in [-0.05, 0) is 39.5 Å². The molecule has 16 heavy (non-hydrogen) atoms. The minimum atomic E-state index is -0.474. The molecule has 0 spiro atoms. The van der Waals surface area contributed by atoms with Gasteiger partial charge in [-0.2, -0.15) is 5.26 Å². The predicted molar refractivity (Wildman–Crippen MR) is 60.7 cm³/mol. The first kappa shape index (κ1) is 12.8. The second kappa shape index (κ2) is 4.32. The van der Waals surface area contributed by atoms with Crippen molar-refractivity contribution >= 4 is 6.09 Å². The van der Waals surface area contributed by atoms with Crippen molar-refractivity contribution in [2.24, 2.45) is 5.92 Å². The summed E-state index contributed by atoms with van der Waals surface area (Å²) >= 11 is 0. The average molecular weight is 224 g/mol. The first-order valence-electron chi connectivity index (χ1n) is 5.67. The second-order valence-electron chi connectivity index (χ2n) is 5.55. The lowest BCUT2D eigenvalue weighted by Crippen LogP contribution is -2.41. The van der Waals surface area contributed by atoms with Gasteiger partial charge in [0.1, 0.15) is 5.60 Å². The maximum Gasteiger partial charge on any atom is 0.408 e. The van der Waals surface area contributed by atoms with E-state index in [1.165, 1.54) is 0 Å². The van der Waals surface area contributed by atoms with Crippen molar-refractivity contribution in [2.45, 2.75) is 58.1 Å². The van der Waals surface area contributed by atoms with Gasteiger partial charge in [-0.1, -0.05) is 6.92 Å². The van der Waals surface area contributed by atoms with Gasteiger partial charge in [-0.15, -0.1) is 0 Å². The lowest BCUT2D eigenvalue weighted by Gasteiger charge is -2.23. The Labute approximate surface area is 97.0 Å². The molecule has 0 aromatic heterocycles. The van der Waals surface area contributed by atoms with E-state index in [1.807, 2.05) is 20.8 Å².